The van der Waals surface area contributed by atoms with Gasteiger partial charge in [0.25, 0.3) is 0 Å². The quantitative estimate of drug-likeness (QED) is 0.521. The molecule has 1 aromatic heterocycles. The SMILES string of the molecule is CCn1c(-c2ccc(S(=O)(=O)N3CCCCCC3)cc2)csc1=Nc1ccc(C)cc1. The molecule has 1 aliphatic rings. The zero-order chi connectivity index (χ0) is 21.8. The summed E-state index contributed by atoms with van der Waals surface area (Å²) >= 11 is 1.60. The van der Waals surface area contributed by atoms with Gasteiger partial charge in [-0.1, -0.05) is 42.7 Å². The van der Waals surface area contributed by atoms with E-state index in [1.807, 2.05) is 24.3 Å². The monoisotopic (exact) mass is 455 g/mol. The van der Waals surface area contributed by atoms with Crippen LogP contribution in [0.3, 0.4) is 0 Å². The third-order valence-electron chi connectivity index (χ3n) is 5.73. The van der Waals surface area contributed by atoms with Crippen LogP contribution in [0.2, 0.25) is 0 Å². The van der Waals surface area contributed by atoms with Crippen LogP contribution in [0.1, 0.15) is 38.2 Å². The molecule has 0 radical (unpaired) electrons. The number of aryl methyl sites for hydroxylation is 1. The van der Waals surface area contributed by atoms with E-state index in [1.165, 1.54) is 5.56 Å². The fourth-order valence-electron chi connectivity index (χ4n) is 3.91. The molecule has 0 atom stereocenters. The highest BCUT2D eigenvalue weighted by molar-refractivity contribution is 7.89. The summed E-state index contributed by atoms with van der Waals surface area (Å²) < 4.78 is 29.9. The summed E-state index contributed by atoms with van der Waals surface area (Å²) in [5.74, 6) is 0. The van der Waals surface area contributed by atoms with Crippen LogP contribution in [0.4, 0.5) is 5.69 Å². The van der Waals surface area contributed by atoms with Crippen molar-refractivity contribution in [2.75, 3.05) is 13.1 Å². The molecule has 0 N–H and O–H groups in total. The largest absolute Gasteiger partial charge is 0.317 e. The lowest BCUT2D eigenvalue weighted by molar-refractivity contribution is 0.424. The van der Waals surface area contributed by atoms with Gasteiger partial charge in [-0.15, -0.1) is 11.3 Å². The van der Waals surface area contributed by atoms with Crippen LogP contribution < -0.4 is 4.80 Å². The Kier molecular flexibility index (Phi) is 6.74. The Morgan fingerprint density at radius 1 is 0.935 bits per heavy atom. The number of thiazole rings is 1. The van der Waals surface area contributed by atoms with E-state index >= 15 is 0 Å². The molecule has 7 heteroatoms. The van der Waals surface area contributed by atoms with Crippen LogP contribution in [0.15, 0.2) is 63.8 Å². The molecule has 31 heavy (non-hydrogen) atoms. The highest BCUT2D eigenvalue weighted by Gasteiger charge is 2.25. The molecule has 0 aliphatic carbocycles. The van der Waals surface area contributed by atoms with Gasteiger partial charge in [0, 0.05) is 25.0 Å². The molecule has 1 aliphatic heterocycles. The van der Waals surface area contributed by atoms with Gasteiger partial charge in [0.15, 0.2) is 4.80 Å². The van der Waals surface area contributed by atoms with Gasteiger partial charge in [-0.05, 0) is 56.5 Å². The molecule has 2 heterocycles. The minimum atomic E-state index is -3.43. The van der Waals surface area contributed by atoms with E-state index in [2.05, 4.69) is 35.9 Å². The van der Waals surface area contributed by atoms with Crippen LogP contribution in [-0.4, -0.2) is 30.4 Å². The van der Waals surface area contributed by atoms with E-state index in [1.54, 1.807) is 27.8 Å². The molecule has 5 nitrogen and oxygen atoms in total. The summed E-state index contributed by atoms with van der Waals surface area (Å²) in [4.78, 5) is 6.11. The third kappa shape index (κ3) is 4.84. The Bertz CT molecular complexity index is 1180. The molecule has 0 unspecified atom stereocenters. The fraction of sp³-hybridized carbons (Fsp3) is 0.375. The minimum Gasteiger partial charge on any atom is -0.317 e. The number of benzene rings is 2. The summed E-state index contributed by atoms with van der Waals surface area (Å²) in [7, 11) is -3.43. The van der Waals surface area contributed by atoms with Crippen molar-refractivity contribution in [3.8, 4) is 11.3 Å². The molecular weight excluding hydrogens is 426 g/mol. The van der Waals surface area contributed by atoms with Gasteiger partial charge in [-0.25, -0.2) is 13.4 Å². The van der Waals surface area contributed by atoms with Gasteiger partial charge >= 0.3 is 0 Å². The molecule has 3 aromatic rings. The molecule has 1 saturated heterocycles. The predicted molar refractivity (Wildman–Crippen MR) is 127 cm³/mol. The van der Waals surface area contributed by atoms with E-state index in [4.69, 9.17) is 4.99 Å². The topological polar surface area (TPSA) is 54.7 Å². The van der Waals surface area contributed by atoms with Crippen molar-refractivity contribution in [1.82, 2.24) is 8.87 Å². The first kappa shape index (κ1) is 22.0. The number of sulfonamides is 1. The van der Waals surface area contributed by atoms with Crippen molar-refractivity contribution in [2.45, 2.75) is 51.0 Å². The van der Waals surface area contributed by atoms with Crippen LogP contribution >= 0.6 is 11.3 Å². The standard InChI is InChI=1S/C24H29N3O2S2/c1-3-27-23(18-30-24(27)25-21-12-8-19(2)9-13-21)20-10-14-22(15-11-20)31(28,29)26-16-6-4-5-7-17-26/h8-15,18H,3-7,16-17H2,1-2H3. The zero-order valence-electron chi connectivity index (χ0n) is 18.1. The molecular formula is C24H29N3O2S2. The van der Waals surface area contributed by atoms with Crippen LogP contribution in [0, 0.1) is 6.92 Å². The molecule has 0 spiro atoms. The van der Waals surface area contributed by atoms with Crippen molar-refractivity contribution in [1.29, 1.82) is 0 Å². The summed E-state index contributed by atoms with van der Waals surface area (Å²) in [6.07, 6.45) is 4.10. The Labute approximate surface area is 188 Å². The average Bonchev–Trinajstić information content (AvgIpc) is 2.97. The van der Waals surface area contributed by atoms with Gasteiger partial charge in [0.2, 0.25) is 10.0 Å². The van der Waals surface area contributed by atoms with Crippen LogP contribution in [-0.2, 0) is 16.6 Å². The van der Waals surface area contributed by atoms with Crippen molar-refractivity contribution in [2.24, 2.45) is 4.99 Å². The Balaban J connectivity index is 1.63. The number of aromatic nitrogens is 1. The van der Waals surface area contributed by atoms with Crippen LogP contribution in [0.25, 0.3) is 11.3 Å². The van der Waals surface area contributed by atoms with E-state index < -0.39 is 10.0 Å². The van der Waals surface area contributed by atoms with Crippen molar-refractivity contribution < 1.29 is 8.42 Å². The second kappa shape index (κ2) is 9.51. The van der Waals surface area contributed by atoms with Gasteiger partial charge in [-0.2, -0.15) is 4.31 Å². The molecule has 0 saturated carbocycles. The lowest BCUT2D eigenvalue weighted by Gasteiger charge is -2.20. The first-order valence-electron chi connectivity index (χ1n) is 10.9. The van der Waals surface area contributed by atoms with Crippen LogP contribution in [0.5, 0.6) is 0 Å². The molecule has 164 valence electrons. The van der Waals surface area contributed by atoms with E-state index in [0.29, 0.717) is 18.0 Å². The normalized spacial score (nSPS) is 16.4. The Morgan fingerprint density at radius 3 is 2.19 bits per heavy atom. The summed E-state index contributed by atoms with van der Waals surface area (Å²) in [5.41, 5.74) is 4.19. The van der Waals surface area contributed by atoms with Gasteiger partial charge in [-0.3, -0.25) is 0 Å². The smallest absolute Gasteiger partial charge is 0.243 e. The third-order valence-corrected chi connectivity index (χ3v) is 8.50. The maximum absolute atomic E-state index is 13.0. The zero-order valence-corrected chi connectivity index (χ0v) is 19.8. The molecule has 1 fully saturated rings. The van der Waals surface area contributed by atoms with E-state index in [0.717, 1.165) is 54.0 Å². The Hall–Kier alpha value is -2.22. The van der Waals surface area contributed by atoms with E-state index in [-0.39, 0.29) is 0 Å². The van der Waals surface area contributed by atoms with Crippen molar-refractivity contribution in [3.05, 3.63) is 64.3 Å². The maximum atomic E-state index is 13.0. The number of hydrogen-bond acceptors (Lipinski definition) is 4. The number of hydrogen-bond donors (Lipinski definition) is 0. The minimum absolute atomic E-state index is 0.376. The first-order valence-corrected chi connectivity index (χ1v) is 13.2. The molecule has 2 aromatic carbocycles. The molecule has 4 rings (SSSR count). The van der Waals surface area contributed by atoms with Crippen molar-refractivity contribution in [3.63, 3.8) is 0 Å². The highest BCUT2D eigenvalue weighted by atomic mass is 32.2. The predicted octanol–water partition coefficient (Wildman–Crippen LogP) is 5.34. The maximum Gasteiger partial charge on any atom is 0.243 e. The van der Waals surface area contributed by atoms with E-state index in [9.17, 15) is 8.42 Å². The summed E-state index contributed by atoms with van der Waals surface area (Å²) in [5, 5.41) is 2.09. The van der Waals surface area contributed by atoms with Gasteiger partial charge in [0.05, 0.1) is 16.3 Å². The average molecular weight is 456 g/mol. The first-order chi connectivity index (χ1) is 15.0. The highest BCUT2D eigenvalue weighted by Crippen LogP contribution is 2.25. The number of nitrogens with zero attached hydrogens (tertiary/aromatic N) is 3. The van der Waals surface area contributed by atoms with Gasteiger partial charge < -0.3 is 4.57 Å². The molecule has 0 amide bonds. The lowest BCUT2D eigenvalue weighted by Crippen LogP contribution is -2.31. The Morgan fingerprint density at radius 2 is 1.58 bits per heavy atom. The lowest BCUT2D eigenvalue weighted by atomic mass is 10.2. The summed E-state index contributed by atoms with van der Waals surface area (Å²) in [6, 6.07) is 15.5. The fourth-order valence-corrected chi connectivity index (χ4v) is 6.42. The van der Waals surface area contributed by atoms with Gasteiger partial charge in [0.1, 0.15) is 0 Å². The van der Waals surface area contributed by atoms with Crippen molar-refractivity contribution >= 4 is 27.0 Å². The second-order valence-corrected chi connectivity index (χ2v) is 10.7. The second-order valence-electron chi connectivity index (χ2n) is 7.94. The molecule has 0 bridgehead atoms. The number of rotatable bonds is 5. The summed E-state index contributed by atoms with van der Waals surface area (Å²) in [6.45, 7) is 6.19.